The number of rotatable bonds is 5. The average molecular weight is 234 g/mol. The zero-order chi connectivity index (χ0) is 12.8. The standard InChI is InChI=1S/C13H14O4/c1-3-17-13(16)11-6-4-10(5-7-11)12(15)8-9(2)14/h4-7H,3,8H2,1-2H3. The summed E-state index contributed by atoms with van der Waals surface area (Å²) in [6, 6.07) is 6.09. The van der Waals surface area contributed by atoms with Crippen LogP contribution in [-0.2, 0) is 9.53 Å². The van der Waals surface area contributed by atoms with E-state index in [1.54, 1.807) is 6.92 Å². The number of hydrogen-bond donors (Lipinski definition) is 0. The first-order chi connectivity index (χ1) is 8.04. The minimum Gasteiger partial charge on any atom is -0.462 e. The zero-order valence-electron chi connectivity index (χ0n) is 9.86. The van der Waals surface area contributed by atoms with Crippen LogP contribution in [0.2, 0.25) is 0 Å². The fourth-order valence-corrected chi connectivity index (χ4v) is 1.33. The Hall–Kier alpha value is -1.97. The molecule has 0 saturated carbocycles. The van der Waals surface area contributed by atoms with Gasteiger partial charge in [-0.3, -0.25) is 9.59 Å². The molecular formula is C13H14O4. The van der Waals surface area contributed by atoms with E-state index in [1.807, 2.05) is 0 Å². The van der Waals surface area contributed by atoms with E-state index in [-0.39, 0.29) is 18.0 Å². The number of ether oxygens (including phenoxy) is 1. The molecular weight excluding hydrogens is 220 g/mol. The maximum atomic E-state index is 11.5. The lowest BCUT2D eigenvalue weighted by Gasteiger charge is -2.02. The highest BCUT2D eigenvalue weighted by atomic mass is 16.5. The van der Waals surface area contributed by atoms with E-state index in [0.717, 1.165) is 0 Å². The predicted octanol–water partition coefficient (Wildman–Crippen LogP) is 2.03. The Balaban J connectivity index is 2.77. The molecule has 4 nitrogen and oxygen atoms in total. The summed E-state index contributed by atoms with van der Waals surface area (Å²) in [5.74, 6) is -0.838. The number of esters is 1. The van der Waals surface area contributed by atoms with Crippen molar-refractivity contribution in [3.63, 3.8) is 0 Å². The molecule has 1 aromatic carbocycles. The van der Waals surface area contributed by atoms with E-state index in [9.17, 15) is 14.4 Å². The second-order valence-corrected chi connectivity index (χ2v) is 3.60. The van der Waals surface area contributed by atoms with Gasteiger partial charge in [-0.25, -0.2) is 4.79 Å². The number of carbonyl (C=O) groups excluding carboxylic acids is 3. The summed E-state index contributed by atoms with van der Waals surface area (Å²) in [7, 11) is 0. The third-order valence-corrected chi connectivity index (χ3v) is 2.13. The molecule has 0 N–H and O–H groups in total. The zero-order valence-corrected chi connectivity index (χ0v) is 9.86. The first kappa shape index (κ1) is 13.1. The molecule has 0 bridgehead atoms. The van der Waals surface area contributed by atoms with Gasteiger partial charge in [-0.05, 0) is 26.0 Å². The number of carbonyl (C=O) groups is 3. The summed E-state index contributed by atoms with van der Waals surface area (Å²) in [5, 5.41) is 0. The molecule has 0 aromatic heterocycles. The Morgan fingerprint density at radius 3 is 2.06 bits per heavy atom. The highest BCUT2D eigenvalue weighted by molar-refractivity contribution is 6.07. The SMILES string of the molecule is CCOC(=O)c1ccc(C(=O)CC(C)=O)cc1. The monoisotopic (exact) mass is 234 g/mol. The van der Waals surface area contributed by atoms with Crippen LogP contribution in [0.1, 0.15) is 41.0 Å². The van der Waals surface area contributed by atoms with Crippen molar-refractivity contribution >= 4 is 17.5 Å². The van der Waals surface area contributed by atoms with Crippen molar-refractivity contribution in [1.82, 2.24) is 0 Å². The van der Waals surface area contributed by atoms with Crippen LogP contribution < -0.4 is 0 Å². The molecule has 0 heterocycles. The van der Waals surface area contributed by atoms with Crippen LogP contribution in [0.25, 0.3) is 0 Å². The van der Waals surface area contributed by atoms with Crippen LogP contribution in [0.4, 0.5) is 0 Å². The van der Waals surface area contributed by atoms with Crippen LogP contribution in [-0.4, -0.2) is 24.1 Å². The lowest BCUT2D eigenvalue weighted by molar-refractivity contribution is -0.116. The van der Waals surface area contributed by atoms with Gasteiger partial charge in [0.1, 0.15) is 5.78 Å². The normalized spacial score (nSPS) is 9.76. The van der Waals surface area contributed by atoms with Crippen molar-refractivity contribution in [2.75, 3.05) is 6.61 Å². The molecule has 0 aliphatic heterocycles. The van der Waals surface area contributed by atoms with Gasteiger partial charge in [-0.15, -0.1) is 0 Å². The predicted molar refractivity (Wildman–Crippen MR) is 62.0 cm³/mol. The summed E-state index contributed by atoms with van der Waals surface area (Å²) in [4.78, 5) is 33.7. The lowest BCUT2D eigenvalue weighted by Crippen LogP contribution is -2.07. The van der Waals surface area contributed by atoms with Crippen molar-refractivity contribution in [2.24, 2.45) is 0 Å². The molecule has 0 spiro atoms. The van der Waals surface area contributed by atoms with Gasteiger partial charge in [0.25, 0.3) is 0 Å². The first-order valence-corrected chi connectivity index (χ1v) is 5.34. The van der Waals surface area contributed by atoms with Gasteiger partial charge in [0.15, 0.2) is 5.78 Å². The molecule has 0 saturated heterocycles. The van der Waals surface area contributed by atoms with Gasteiger partial charge in [0, 0.05) is 5.56 Å². The summed E-state index contributed by atoms with van der Waals surface area (Å²) < 4.78 is 4.81. The highest BCUT2D eigenvalue weighted by Crippen LogP contribution is 2.08. The molecule has 1 rings (SSSR count). The molecule has 0 atom stereocenters. The van der Waals surface area contributed by atoms with E-state index in [4.69, 9.17) is 4.74 Å². The molecule has 4 heteroatoms. The minimum absolute atomic E-state index is 0.112. The summed E-state index contributed by atoms with van der Waals surface area (Å²) in [6.07, 6.45) is -0.112. The quantitative estimate of drug-likeness (QED) is 0.444. The van der Waals surface area contributed by atoms with Crippen LogP contribution in [0, 0.1) is 0 Å². The summed E-state index contributed by atoms with van der Waals surface area (Å²) >= 11 is 0. The summed E-state index contributed by atoms with van der Waals surface area (Å²) in [6.45, 7) is 3.40. The Labute approximate surface area is 99.6 Å². The second-order valence-electron chi connectivity index (χ2n) is 3.60. The highest BCUT2D eigenvalue weighted by Gasteiger charge is 2.10. The van der Waals surface area contributed by atoms with E-state index >= 15 is 0 Å². The maximum absolute atomic E-state index is 11.5. The van der Waals surface area contributed by atoms with Crippen molar-refractivity contribution in [3.05, 3.63) is 35.4 Å². The molecule has 0 unspecified atom stereocenters. The van der Waals surface area contributed by atoms with Crippen LogP contribution >= 0.6 is 0 Å². The Morgan fingerprint density at radius 1 is 1.06 bits per heavy atom. The molecule has 17 heavy (non-hydrogen) atoms. The number of Topliss-reactive ketones (excluding diaryl/α,β-unsaturated/α-hetero) is 2. The van der Waals surface area contributed by atoms with Gasteiger partial charge in [0.2, 0.25) is 0 Å². The first-order valence-electron chi connectivity index (χ1n) is 5.34. The van der Waals surface area contributed by atoms with Crippen molar-refractivity contribution in [2.45, 2.75) is 20.3 Å². The Kier molecular flexibility index (Phi) is 4.57. The van der Waals surface area contributed by atoms with Crippen molar-refractivity contribution in [1.29, 1.82) is 0 Å². The molecule has 0 aliphatic carbocycles. The van der Waals surface area contributed by atoms with Crippen LogP contribution in [0.15, 0.2) is 24.3 Å². The second kappa shape index (κ2) is 5.94. The minimum atomic E-state index is -0.418. The number of hydrogen-bond acceptors (Lipinski definition) is 4. The van der Waals surface area contributed by atoms with E-state index in [0.29, 0.717) is 17.7 Å². The Bertz CT molecular complexity index is 431. The molecule has 1 aromatic rings. The lowest BCUT2D eigenvalue weighted by atomic mass is 10.0. The molecule has 0 fully saturated rings. The third-order valence-electron chi connectivity index (χ3n) is 2.13. The molecule has 0 amide bonds. The van der Waals surface area contributed by atoms with E-state index < -0.39 is 5.97 Å². The van der Waals surface area contributed by atoms with E-state index in [1.165, 1.54) is 31.2 Å². The van der Waals surface area contributed by atoms with Gasteiger partial charge in [-0.1, -0.05) is 12.1 Å². The van der Waals surface area contributed by atoms with Crippen molar-refractivity contribution < 1.29 is 19.1 Å². The maximum Gasteiger partial charge on any atom is 0.338 e. The molecule has 90 valence electrons. The fourth-order valence-electron chi connectivity index (χ4n) is 1.33. The fraction of sp³-hybridized carbons (Fsp3) is 0.308. The van der Waals surface area contributed by atoms with Gasteiger partial charge in [0.05, 0.1) is 18.6 Å². The smallest absolute Gasteiger partial charge is 0.338 e. The Morgan fingerprint density at radius 2 is 1.59 bits per heavy atom. The number of benzene rings is 1. The average Bonchev–Trinajstić information content (AvgIpc) is 2.28. The largest absolute Gasteiger partial charge is 0.462 e. The summed E-state index contributed by atoms with van der Waals surface area (Å²) in [5.41, 5.74) is 0.819. The van der Waals surface area contributed by atoms with Crippen molar-refractivity contribution in [3.8, 4) is 0 Å². The third kappa shape index (κ3) is 3.83. The van der Waals surface area contributed by atoms with Crippen LogP contribution in [0.5, 0.6) is 0 Å². The topological polar surface area (TPSA) is 60.4 Å². The van der Waals surface area contributed by atoms with Gasteiger partial charge in [-0.2, -0.15) is 0 Å². The van der Waals surface area contributed by atoms with Gasteiger partial charge >= 0.3 is 5.97 Å². The molecule has 0 radical (unpaired) electrons. The van der Waals surface area contributed by atoms with Crippen LogP contribution in [0.3, 0.4) is 0 Å². The van der Waals surface area contributed by atoms with E-state index in [2.05, 4.69) is 0 Å². The number of ketones is 2. The molecule has 0 aliphatic rings. The van der Waals surface area contributed by atoms with Gasteiger partial charge < -0.3 is 4.74 Å².